The second kappa shape index (κ2) is 24.9. The van der Waals surface area contributed by atoms with E-state index >= 15 is 0 Å². The predicted octanol–water partition coefficient (Wildman–Crippen LogP) is 2.88. The lowest BCUT2D eigenvalue weighted by Gasteiger charge is -2.51. The molecule has 3 heterocycles. The van der Waals surface area contributed by atoms with Crippen molar-refractivity contribution in [3.05, 3.63) is 29.8 Å². The van der Waals surface area contributed by atoms with Crippen molar-refractivity contribution < 1.29 is 71.6 Å². The summed E-state index contributed by atoms with van der Waals surface area (Å²) in [7, 11) is 4.30. The van der Waals surface area contributed by atoms with Crippen LogP contribution in [0.5, 0.6) is 0 Å². The normalized spacial score (nSPS) is 40.2. The molecule has 19 atom stereocenters. The molecule has 0 radical (unpaired) electrons. The quantitative estimate of drug-likeness (QED) is 0.139. The van der Waals surface area contributed by atoms with E-state index < -0.39 is 136 Å². The summed E-state index contributed by atoms with van der Waals surface area (Å²) in [5.41, 5.74) is -3.96. The van der Waals surface area contributed by atoms with Gasteiger partial charge >= 0.3 is 5.97 Å². The number of halogens is 1. The maximum atomic E-state index is 14.6. The predicted molar refractivity (Wildman–Crippen MR) is 265 cm³/mol. The van der Waals surface area contributed by atoms with Crippen molar-refractivity contribution in [2.75, 3.05) is 55.1 Å². The molecular weight excluding hydrogens is 944 g/mol. The van der Waals surface area contributed by atoms with E-state index in [2.05, 4.69) is 5.32 Å². The minimum Gasteiger partial charge on any atom is -0.459 e. The minimum absolute atomic E-state index is 0.0355. The van der Waals surface area contributed by atoms with Gasteiger partial charge in [-0.2, -0.15) is 0 Å². The maximum absolute atomic E-state index is 14.6. The molecule has 71 heavy (non-hydrogen) atoms. The molecular formula is C51H89FN4O14S. The highest BCUT2D eigenvalue weighted by Crippen LogP contribution is 2.45. The summed E-state index contributed by atoms with van der Waals surface area (Å²) in [6, 6.07) is 4.04. The molecule has 0 spiro atoms. The van der Waals surface area contributed by atoms with Gasteiger partial charge in [-0.05, 0) is 111 Å². The second-order valence-electron chi connectivity index (χ2n) is 22.1. The zero-order valence-corrected chi connectivity index (χ0v) is 45.8. The number of aliphatic hydroxyl groups excluding tert-OH is 3. The van der Waals surface area contributed by atoms with Crippen molar-refractivity contribution in [3.63, 3.8) is 0 Å². The van der Waals surface area contributed by atoms with Crippen molar-refractivity contribution in [2.24, 2.45) is 23.7 Å². The number of nitrogens with zero attached hydrogens (tertiary/aromatic N) is 3. The van der Waals surface area contributed by atoms with Crippen LogP contribution in [0.4, 0.5) is 4.39 Å². The van der Waals surface area contributed by atoms with Crippen LogP contribution in [0.15, 0.2) is 29.2 Å². The molecule has 0 aliphatic carbocycles. The van der Waals surface area contributed by atoms with Crippen LogP contribution in [0.1, 0.15) is 107 Å². The Hall–Kier alpha value is -2.44. The van der Waals surface area contributed by atoms with Crippen LogP contribution in [-0.2, 0) is 49.7 Å². The molecule has 3 aliphatic heterocycles. The highest BCUT2D eigenvalue weighted by molar-refractivity contribution is 7.89. The molecule has 0 bridgehead atoms. The Balaban J connectivity index is 1.65. The highest BCUT2D eigenvalue weighted by atomic mass is 32.2. The second-order valence-corrected chi connectivity index (χ2v) is 24.2. The summed E-state index contributed by atoms with van der Waals surface area (Å²) >= 11 is 0. The number of sulfonamides is 1. The van der Waals surface area contributed by atoms with Gasteiger partial charge in [-0.3, -0.25) is 9.59 Å². The number of amides is 1. The Morgan fingerprint density at radius 2 is 1.61 bits per heavy atom. The number of alkyl halides is 1. The number of carbonyl (C=O) groups excluding carboxylic acids is 2. The topological polar surface area (TPSA) is 237 Å². The minimum atomic E-state index is -3.64. The lowest BCUT2D eigenvalue weighted by molar-refractivity contribution is -0.302. The van der Waals surface area contributed by atoms with Gasteiger partial charge in [-0.1, -0.05) is 39.8 Å². The SMILES string of the molecule is CC[C@H]1OC(=O)[C@H](C)C([C@H]2C[C@@](C)(OC)[C@@H](O)[C@H](C)O2)[C@H](C)[C@@H](O[C@@H]2O[C@H](C)C[C@H](N(C)CCC(=O)N[C@H](CF)Cc3ccc(S(=O)(=O)N(C)C)cc3)[C@H]2O)[C@](C)(O)C[C@@H](C)CN(C)[C@H](C)[C@@H](O)[C@]1(C)O. The van der Waals surface area contributed by atoms with Crippen molar-refractivity contribution in [1.82, 2.24) is 19.4 Å². The number of ether oxygens (including phenoxy) is 5. The van der Waals surface area contributed by atoms with Gasteiger partial charge in [0, 0.05) is 65.1 Å². The van der Waals surface area contributed by atoms with Crippen LogP contribution in [0.3, 0.4) is 0 Å². The zero-order chi connectivity index (χ0) is 53.7. The fraction of sp³-hybridized carbons (Fsp3) is 0.843. The van der Waals surface area contributed by atoms with Gasteiger partial charge in [-0.25, -0.2) is 17.1 Å². The third-order valence-corrected chi connectivity index (χ3v) is 17.7. The molecule has 4 rings (SSSR count). The van der Waals surface area contributed by atoms with E-state index in [0.29, 0.717) is 18.5 Å². The number of cyclic esters (lactones) is 1. The number of methoxy groups -OCH3 is 1. The van der Waals surface area contributed by atoms with Gasteiger partial charge < -0.3 is 64.3 Å². The van der Waals surface area contributed by atoms with E-state index in [1.54, 1.807) is 60.7 Å². The smallest absolute Gasteiger partial charge is 0.309 e. The van der Waals surface area contributed by atoms with Crippen molar-refractivity contribution >= 4 is 21.9 Å². The molecule has 1 unspecified atom stereocenters. The molecule has 6 N–H and O–H groups in total. The third kappa shape index (κ3) is 14.5. The zero-order valence-electron chi connectivity index (χ0n) is 44.9. The molecule has 0 aromatic heterocycles. The lowest BCUT2D eigenvalue weighted by atomic mass is 9.68. The molecule has 1 aromatic carbocycles. The number of likely N-dealkylation sites (N-methyl/N-ethyl adjacent to an activating group) is 2. The molecule has 1 aromatic rings. The Morgan fingerprint density at radius 3 is 2.17 bits per heavy atom. The fourth-order valence-electron chi connectivity index (χ4n) is 11.4. The summed E-state index contributed by atoms with van der Waals surface area (Å²) in [5, 5.41) is 62.6. The first-order valence-corrected chi connectivity index (χ1v) is 26.8. The fourth-order valence-corrected chi connectivity index (χ4v) is 12.3. The van der Waals surface area contributed by atoms with Crippen LogP contribution >= 0.6 is 0 Å². The number of hydrogen-bond donors (Lipinski definition) is 6. The molecule has 18 nitrogen and oxygen atoms in total. The van der Waals surface area contributed by atoms with Gasteiger partial charge in [0.1, 0.15) is 36.7 Å². The van der Waals surface area contributed by atoms with Gasteiger partial charge in [-0.15, -0.1) is 0 Å². The Morgan fingerprint density at radius 1 is 0.986 bits per heavy atom. The first kappa shape index (κ1) is 61.1. The number of aliphatic hydroxyl groups is 5. The monoisotopic (exact) mass is 1030 g/mol. The van der Waals surface area contributed by atoms with Gasteiger partial charge in [0.25, 0.3) is 0 Å². The van der Waals surface area contributed by atoms with Crippen molar-refractivity contribution in [1.29, 1.82) is 0 Å². The highest BCUT2D eigenvalue weighted by Gasteiger charge is 2.55. The first-order chi connectivity index (χ1) is 32.9. The summed E-state index contributed by atoms with van der Waals surface area (Å²) in [5.74, 6) is -3.83. The third-order valence-electron chi connectivity index (χ3n) is 15.9. The Bertz CT molecular complexity index is 1980. The van der Waals surface area contributed by atoms with Gasteiger partial charge in [0.05, 0.1) is 52.5 Å². The van der Waals surface area contributed by atoms with Crippen LogP contribution in [-0.4, -0.2) is 205 Å². The number of hydrogen-bond acceptors (Lipinski definition) is 16. The van der Waals surface area contributed by atoms with Crippen LogP contribution in [0.2, 0.25) is 0 Å². The maximum Gasteiger partial charge on any atom is 0.309 e. The Labute approximate surface area is 422 Å². The Kier molecular flexibility index (Phi) is 21.5. The van der Waals surface area contributed by atoms with E-state index in [4.69, 9.17) is 23.7 Å². The molecule has 0 saturated carbocycles. The molecule has 3 aliphatic rings. The summed E-state index contributed by atoms with van der Waals surface area (Å²) < 4.78 is 72.3. The largest absolute Gasteiger partial charge is 0.459 e. The first-order valence-electron chi connectivity index (χ1n) is 25.3. The number of benzene rings is 1. The standard InChI is InChI=1S/C51H89FN4O14S/c1-16-40-51(10,63)44(59)33(6)56(14)28-29(2)25-49(8,62)46(31(4)42(32(5)47(61)69-40)39-26-50(9,66-15)45(60)34(7)68-39)70-48-43(58)38(23-30(3)67-48)55(13)22-21-41(57)53-36(27-52)24-35-17-19-37(20-18-35)71(64,65)54(11)12/h17-20,29-34,36,38-40,42-46,48,58-60,62-63H,16,21-28H2,1-15H3,(H,53,57)/t29-,30-,31+,32-,33-,34+,36+,38+,39-,40-,42?,43-,44-,45+,46-,48+,49-,50-,51-/m1/s1. The molecule has 1 amide bonds. The van der Waals surface area contributed by atoms with E-state index in [-0.39, 0.29) is 49.5 Å². The lowest BCUT2D eigenvalue weighted by Crippen LogP contribution is -2.62. The van der Waals surface area contributed by atoms with Crippen molar-refractivity contribution in [3.8, 4) is 0 Å². The van der Waals surface area contributed by atoms with E-state index in [1.165, 1.54) is 40.3 Å². The molecule has 20 heteroatoms. The van der Waals surface area contributed by atoms with E-state index in [0.717, 1.165) is 4.31 Å². The number of carbonyl (C=O) groups is 2. The van der Waals surface area contributed by atoms with Gasteiger partial charge in [0.2, 0.25) is 15.9 Å². The number of rotatable bonds is 15. The number of nitrogens with one attached hydrogen (secondary N) is 1. The molecule has 410 valence electrons. The average Bonchev–Trinajstić information content (AvgIpc) is 3.30. The summed E-state index contributed by atoms with van der Waals surface area (Å²) in [6.45, 7) is 17.2. The average molecular weight is 1030 g/mol. The van der Waals surface area contributed by atoms with Gasteiger partial charge in [0.15, 0.2) is 6.29 Å². The van der Waals surface area contributed by atoms with E-state index in [9.17, 15) is 47.9 Å². The van der Waals surface area contributed by atoms with Crippen LogP contribution in [0, 0.1) is 23.7 Å². The van der Waals surface area contributed by atoms with E-state index in [1.807, 2.05) is 37.6 Å². The van der Waals surface area contributed by atoms with Crippen LogP contribution < -0.4 is 5.32 Å². The molecule has 3 fully saturated rings. The van der Waals surface area contributed by atoms with Crippen molar-refractivity contribution in [2.45, 2.75) is 203 Å². The molecule has 3 saturated heterocycles. The summed E-state index contributed by atoms with van der Waals surface area (Å²) in [4.78, 5) is 31.7. The number of esters is 1. The van der Waals surface area contributed by atoms with Crippen LogP contribution in [0.25, 0.3) is 0 Å². The summed E-state index contributed by atoms with van der Waals surface area (Å²) in [6.07, 6.45) is -8.20.